The van der Waals surface area contributed by atoms with E-state index in [1.807, 2.05) is 25.2 Å². The van der Waals surface area contributed by atoms with E-state index < -0.39 is 5.91 Å². The molecule has 0 unspecified atom stereocenters. The number of hydrogen-bond acceptors (Lipinski definition) is 3. The quantitative estimate of drug-likeness (QED) is 0.805. The second-order valence-corrected chi connectivity index (χ2v) is 3.94. The van der Waals surface area contributed by atoms with Crippen LogP contribution < -0.4 is 15.4 Å². The Labute approximate surface area is 95.0 Å². The topological polar surface area (TPSA) is 55.6 Å². The predicted molar refractivity (Wildman–Crippen MR) is 62.4 cm³/mol. The second kappa shape index (κ2) is 4.04. The van der Waals surface area contributed by atoms with Gasteiger partial charge in [0.15, 0.2) is 0 Å². The first-order valence-corrected chi connectivity index (χ1v) is 5.21. The van der Waals surface area contributed by atoms with Crippen molar-refractivity contribution >= 4 is 11.6 Å². The highest BCUT2D eigenvalue weighted by molar-refractivity contribution is 5.92. The zero-order valence-corrected chi connectivity index (χ0v) is 9.49. The van der Waals surface area contributed by atoms with Crippen LogP contribution in [0.2, 0.25) is 0 Å². The fraction of sp³-hybridized carbons (Fsp3) is 0.333. The number of nitrogens with zero attached hydrogens (tertiary/aromatic N) is 1. The number of amides is 1. The van der Waals surface area contributed by atoms with Crippen molar-refractivity contribution in [2.24, 2.45) is 5.73 Å². The largest absolute Gasteiger partial charge is 0.490 e. The van der Waals surface area contributed by atoms with E-state index in [4.69, 9.17) is 10.5 Å². The zero-order valence-electron chi connectivity index (χ0n) is 9.49. The van der Waals surface area contributed by atoms with Crippen LogP contribution in [-0.2, 0) is 4.79 Å². The van der Waals surface area contributed by atoms with Crippen LogP contribution in [0.15, 0.2) is 18.2 Å². The Balaban J connectivity index is 2.35. The number of ether oxygens (including phenoxy) is 1. The predicted octanol–water partition coefficient (Wildman–Crippen LogP) is 0.943. The summed E-state index contributed by atoms with van der Waals surface area (Å²) < 4.78 is 5.56. The number of carbonyl (C=O) groups is 1. The second-order valence-electron chi connectivity index (χ2n) is 3.94. The van der Waals surface area contributed by atoms with Gasteiger partial charge in [0, 0.05) is 7.05 Å². The molecule has 1 aromatic carbocycles. The highest BCUT2D eigenvalue weighted by Gasteiger charge is 2.19. The zero-order chi connectivity index (χ0) is 11.7. The molecule has 0 aromatic heterocycles. The van der Waals surface area contributed by atoms with Crippen LogP contribution in [0.3, 0.4) is 0 Å². The molecule has 2 rings (SSSR count). The fourth-order valence-corrected chi connectivity index (χ4v) is 1.73. The van der Waals surface area contributed by atoms with Crippen LogP contribution in [0.5, 0.6) is 5.75 Å². The van der Waals surface area contributed by atoms with Crippen LogP contribution in [0.25, 0.3) is 0 Å². The van der Waals surface area contributed by atoms with E-state index in [1.165, 1.54) is 0 Å². The van der Waals surface area contributed by atoms with E-state index in [2.05, 4.69) is 4.90 Å². The molecule has 1 radical (unpaired) electrons. The van der Waals surface area contributed by atoms with E-state index in [9.17, 15) is 4.79 Å². The van der Waals surface area contributed by atoms with Gasteiger partial charge in [-0.3, -0.25) is 4.79 Å². The summed E-state index contributed by atoms with van der Waals surface area (Å²) in [6.45, 7) is 3.27. The van der Waals surface area contributed by atoms with E-state index in [1.54, 1.807) is 6.92 Å². The number of anilines is 1. The molecule has 85 valence electrons. The van der Waals surface area contributed by atoms with Gasteiger partial charge in [-0.05, 0) is 24.6 Å². The summed E-state index contributed by atoms with van der Waals surface area (Å²) in [4.78, 5) is 13.2. The average molecular weight is 219 g/mol. The number of benzene rings is 1. The maximum absolute atomic E-state index is 11.1. The number of carbonyl (C=O) groups excluding carboxylic acids is 1. The Morgan fingerprint density at radius 2 is 2.25 bits per heavy atom. The van der Waals surface area contributed by atoms with E-state index in [0.717, 1.165) is 23.5 Å². The van der Waals surface area contributed by atoms with Crippen LogP contribution in [0.4, 0.5) is 5.69 Å². The van der Waals surface area contributed by atoms with Crippen LogP contribution in [0.1, 0.15) is 12.5 Å². The van der Waals surface area contributed by atoms with E-state index in [0.29, 0.717) is 12.5 Å². The SMILES string of the molecule is C[C](C(N)=O)c1ccc2c(c1)OCCN2C. The molecule has 0 atom stereocenters. The van der Waals surface area contributed by atoms with Gasteiger partial charge in [-0.2, -0.15) is 0 Å². The lowest BCUT2D eigenvalue weighted by Crippen LogP contribution is -2.29. The smallest absolute Gasteiger partial charge is 0.229 e. The summed E-state index contributed by atoms with van der Waals surface area (Å²) in [7, 11) is 2.02. The molecule has 0 aliphatic carbocycles. The molecule has 1 aliphatic heterocycles. The highest BCUT2D eigenvalue weighted by atomic mass is 16.5. The molecule has 0 saturated heterocycles. The summed E-state index contributed by atoms with van der Waals surface area (Å²) >= 11 is 0. The van der Waals surface area contributed by atoms with Crippen LogP contribution in [-0.4, -0.2) is 26.1 Å². The lowest BCUT2D eigenvalue weighted by Gasteiger charge is -2.28. The number of nitrogens with two attached hydrogens (primary N) is 1. The Kier molecular flexibility index (Phi) is 2.73. The van der Waals surface area contributed by atoms with Gasteiger partial charge in [-0.1, -0.05) is 6.07 Å². The first-order valence-electron chi connectivity index (χ1n) is 5.21. The molecule has 4 heteroatoms. The van der Waals surface area contributed by atoms with E-state index in [-0.39, 0.29) is 0 Å². The molecule has 1 amide bonds. The third-order valence-corrected chi connectivity index (χ3v) is 2.86. The minimum atomic E-state index is -0.399. The third kappa shape index (κ3) is 1.83. The minimum absolute atomic E-state index is 0.399. The molecular formula is C12H15N2O2. The Morgan fingerprint density at radius 3 is 2.94 bits per heavy atom. The molecule has 0 spiro atoms. The van der Waals surface area contributed by atoms with Crippen molar-refractivity contribution in [3.05, 3.63) is 29.7 Å². The first-order chi connectivity index (χ1) is 7.59. The summed E-state index contributed by atoms with van der Waals surface area (Å²) in [5.74, 6) is 0.968. The summed E-state index contributed by atoms with van der Waals surface area (Å²) in [6, 6.07) is 5.71. The van der Waals surface area contributed by atoms with Gasteiger partial charge < -0.3 is 15.4 Å². The van der Waals surface area contributed by atoms with Crippen molar-refractivity contribution in [1.82, 2.24) is 0 Å². The summed E-state index contributed by atoms with van der Waals surface area (Å²) in [6.07, 6.45) is 0. The lowest BCUT2D eigenvalue weighted by atomic mass is 9.99. The molecule has 0 bridgehead atoms. The van der Waals surface area contributed by atoms with Crippen LogP contribution >= 0.6 is 0 Å². The van der Waals surface area contributed by atoms with Crippen molar-refractivity contribution < 1.29 is 9.53 Å². The monoisotopic (exact) mass is 219 g/mol. The lowest BCUT2D eigenvalue weighted by molar-refractivity contribution is -0.115. The van der Waals surface area contributed by atoms with Gasteiger partial charge in [0.1, 0.15) is 12.4 Å². The van der Waals surface area contributed by atoms with Gasteiger partial charge >= 0.3 is 0 Å². The highest BCUT2D eigenvalue weighted by Crippen LogP contribution is 2.33. The van der Waals surface area contributed by atoms with Crippen molar-refractivity contribution in [3.8, 4) is 5.75 Å². The first kappa shape index (κ1) is 10.8. The van der Waals surface area contributed by atoms with Crippen LogP contribution in [0, 0.1) is 5.92 Å². The molecule has 1 aliphatic rings. The number of primary amides is 1. The van der Waals surface area contributed by atoms with Gasteiger partial charge in [0.25, 0.3) is 0 Å². The normalized spacial score (nSPS) is 14.6. The Hall–Kier alpha value is -1.71. The van der Waals surface area contributed by atoms with Crippen molar-refractivity contribution in [2.45, 2.75) is 6.92 Å². The standard InChI is InChI=1S/C12H15N2O2/c1-8(12(13)15)9-3-4-10-11(7-9)16-6-5-14(10)2/h3-4,7H,5-6H2,1-2H3,(H2,13,15). The molecule has 2 N–H and O–H groups in total. The van der Waals surface area contributed by atoms with Crippen molar-refractivity contribution in [3.63, 3.8) is 0 Å². The molecule has 1 heterocycles. The third-order valence-electron chi connectivity index (χ3n) is 2.86. The van der Waals surface area contributed by atoms with E-state index >= 15 is 0 Å². The fourth-order valence-electron chi connectivity index (χ4n) is 1.73. The van der Waals surface area contributed by atoms with Gasteiger partial charge in [0.05, 0.1) is 18.2 Å². The summed E-state index contributed by atoms with van der Waals surface area (Å²) in [5.41, 5.74) is 7.11. The van der Waals surface area contributed by atoms with Crippen molar-refractivity contribution in [2.75, 3.05) is 25.1 Å². The maximum Gasteiger partial charge on any atom is 0.229 e. The minimum Gasteiger partial charge on any atom is -0.490 e. The number of hydrogen-bond donors (Lipinski definition) is 1. The van der Waals surface area contributed by atoms with Gasteiger partial charge in [-0.15, -0.1) is 0 Å². The molecule has 0 fully saturated rings. The number of fused-ring (bicyclic) bond motifs is 1. The van der Waals surface area contributed by atoms with Gasteiger partial charge in [0.2, 0.25) is 5.91 Å². The molecule has 4 nitrogen and oxygen atoms in total. The Bertz CT molecular complexity index is 417. The summed E-state index contributed by atoms with van der Waals surface area (Å²) in [5, 5.41) is 0. The molecule has 1 aromatic rings. The van der Waals surface area contributed by atoms with Gasteiger partial charge in [-0.25, -0.2) is 0 Å². The Morgan fingerprint density at radius 1 is 1.50 bits per heavy atom. The number of likely N-dealkylation sites (N-methyl/N-ethyl adjacent to an activating group) is 1. The maximum atomic E-state index is 11.1. The van der Waals surface area contributed by atoms with Crippen molar-refractivity contribution in [1.29, 1.82) is 0 Å². The molecule has 0 saturated carbocycles. The molecular weight excluding hydrogens is 204 g/mol. The average Bonchev–Trinajstić information content (AvgIpc) is 2.28. The number of rotatable bonds is 2. The molecule has 16 heavy (non-hydrogen) atoms.